The third-order valence-corrected chi connectivity index (χ3v) is 7.03. The van der Waals surface area contributed by atoms with Crippen molar-refractivity contribution in [1.82, 2.24) is 14.9 Å². The molecule has 174 valence electrons. The number of carbonyl (C=O) groups excluding carboxylic acids is 1. The zero-order valence-corrected chi connectivity index (χ0v) is 19.2. The Bertz CT molecular complexity index is 1480. The van der Waals surface area contributed by atoms with E-state index in [0.717, 1.165) is 17.4 Å². The third kappa shape index (κ3) is 3.54. The molecule has 1 fully saturated rings. The Kier molecular flexibility index (Phi) is 5.57. The van der Waals surface area contributed by atoms with Crippen molar-refractivity contribution >= 4 is 60.8 Å². The number of rotatable bonds is 3. The van der Waals surface area contributed by atoms with Crippen molar-refractivity contribution < 1.29 is 18.0 Å². The SMILES string of the molecule is C=CC(=O)N1CCN(c2ccnc3c(F)c(-c4cc(F)c(F)c5sc(N)nc45)c(Cl)cc23)CC1. The normalized spacial score (nSPS) is 14.2. The summed E-state index contributed by atoms with van der Waals surface area (Å²) in [5, 5.41) is 0.486. The molecule has 2 aromatic heterocycles. The molecule has 2 aromatic carbocycles. The Morgan fingerprint density at radius 3 is 2.59 bits per heavy atom. The number of anilines is 2. The average Bonchev–Trinajstić information content (AvgIpc) is 3.23. The van der Waals surface area contributed by atoms with Crippen molar-refractivity contribution in [2.45, 2.75) is 0 Å². The van der Waals surface area contributed by atoms with E-state index < -0.39 is 17.5 Å². The molecule has 11 heteroatoms. The summed E-state index contributed by atoms with van der Waals surface area (Å²) in [6, 6.07) is 4.17. The summed E-state index contributed by atoms with van der Waals surface area (Å²) in [6.45, 7) is 5.55. The second-order valence-electron chi connectivity index (χ2n) is 7.74. The zero-order valence-electron chi connectivity index (χ0n) is 17.6. The fourth-order valence-corrected chi connectivity index (χ4v) is 5.33. The molecule has 0 radical (unpaired) electrons. The number of nitrogens with zero attached hydrogens (tertiary/aromatic N) is 4. The zero-order chi connectivity index (χ0) is 24.1. The summed E-state index contributed by atoms with van der Waals surface area (Å²) in [5.41, 5.74) is 6.34. The molecule has 0 spiro atoms. The predicted octanol–water partition coefficient (Wildman–Crippen LogP) is 5.00. The lowest BCUT2D eigenvalue weighted by Gasteiger charge is -2.36. The van der Waals surface area contributed by atoms with E-state index in [1.165, 1.54) is 12.3 Å². The van der Waals surface area contributed by atoms with Crippen LogP contribution in [0.3, 0.4) is 0 Å². The molecule has 3 heterocycles. The van der Waals surface area contributed by atoms with Gasteiger partial charge in [0.1, 0.15) is 5.52 Å². The van der Waals surface area contributed by atoms with Crippen LogP contribution in [0.2, 0.25) is 5.02 Å². The Labute approximate surface area is 201 Å². The maximum atomic E-state index is 15.8. The van der Waals surface area contributed by atoms with Gasteiger partial charge in [0.2, 0.25) is 5.91 Å². The minimum absolute atomic E-state index is 0.00130. The summed E-state index contributed by atoms with van der Waals surface area (Å²) in [7, 11) is 0. The monoisotopic (exact) mass is 503 g/mol. The molecule has 2 N–H and O–H groups in total. The van der Waals surface area contributed by atoms with Crippen LogP contribution in [-0.4, -0.2) is 47.0 Å². The van der Waals surface area contributed by atoms with Gasteiger partial charge in [-0.25, -0.2) is 18.2 Å². The van der Waals surface area contributed by atoms with Crippen LogP contribution in [0, 0.1) is 17.5 Å². The van der Waals surface area contributed by atoms with Crippen molar-refractivity contribution in [3.63, 3.8) is 0 Å². The molecule has 1 saturated heterocycles. The van der Waals surface area contributed by atoms with Crippen LogP contribution in [-0.2, 0) is 4.79 Å². The largest absolute Gasteiger partial charge is 0.375 e. The number of nitrogens with two attached hydrogens (primary N) is 1. The molecule has 4 aromatic rings. The fourth-order valence-electron chi connectivity index (χ4n) is 4.25. The number of amides is 1. The number of piperazine rings is 1. The second kappa shape index (κ2) is 8.44. The Morgan fingerprint density at radius 1 is 1.15 bits per heavy atom. The van der Waals surface area contributed by atoms with Crippen LogP contribution < -0.4 is 10.6 Å². The van der Waals surface area contributed by atoms with Crippen LogP contribution in [0.5, 0.6) is 0 Å². The lowest BCUT2D eigenvalue weighted by Crippen LogP contribution is -2.48. The number of benzene rings is 2. The van der Waals surface area contributed by atoms with E-state index in [0.29, 0.717) is 37.3 Å². The van der Waals surface area contributed by atoms with Gasteiger partial charge in [-0.05, 0) is 24.3 Å². The van der Waals surface area contributed by atoms with E-state index in [9.17, 15) is 13.6 Å². The van der Waals surface area contributed by atoms with Crippen LogP contribution in [0.25, 0.3) is 32.2 Å². The molecule has 0 atom stereocenters. The Morgan fingerprint density at radius 2 is 1.88 bits per heavy atom. The summed E-state index contributed by atoms with van der Waals surface area (Å²) < 4.78 is 44.4. The van der Waals surface area contributed by atoms with Gasteiger partial charge in [-0.3, -0.25) is 9.78 Å². The number of fused-ring (bicyclic) bond motifs is 2. The maximum absolute atomic E-state index is 15.8. The van der Waals surface area contributed by atoms with Crippen molar-refractivity contribution in [1.29, 1.82) is 0 Å². The molecule has 0 unspecified atom stereocenters. The van der Waals surface area contributed by atoms with E-state index in [4.69, 9.17) is 17.3 Å². The molecule has 0 aliphatic carbocycles. The van der Waals surface area contributed by atoms with Gasteiger partial charge >= 0.3 is 0 Å². The van der Waals surface area contributed by atoms with Crippen LogP contribution >= 0.6 is 22.9 Å². The first-order chi connectivity index (χ1) is 16.3. The third-order valence-electron chi connectivity index (χ3n) is 5.86. The molecule has 0 bridgehead atoms. The summed E-state index contributed by atoms with van der Waals surface area (Å²) in [4.78, 5) is 23.8. The molecule has 5 rings (SSSR count). The maximum Gasteiger partial charge on any atom is 0.246 e. The van der Waals surface area contributed by atoms with E-state index in [1.54, 1.807) is 17.0 Å². The highest BCUT2D eigenvalue weighted by Crippen LogP contribution is 2.43. The molecular formula is C23H17ClF3N5OS. The first kappa shape index (κ1) is 22.4. The minimum atomic E-state index is -1.16. The number of nitrogen functional groups attached to an aromatic ring is 1. The lowest BCUT2D eigenvalue weighted by atomic mass is 10.00. The summed E-state index contributed by atoms with van der Waals surface area (Å²) in [5.74, 6) is -3.17. The highest BCUT2D eigenvalue weighted by molar-refractivity contribution is 7.22. The Hall–Kier alpha value is -3.37. The van der Waals surface area contributed by atoms with Crippen molar-refractivity contribution in [3.05, 3.63) is 59.5 Å². The first-order valence-corrected chi connectivity index (χ1v) is 11.5. The first-order valence-electron chi connectivity index (χ1n) is 10.3. The number of hydrogen-bond donors (Lipinski definition) is 1. The van der Waals surface area contributed by atoms with Gasteiger partial charge in [0.05, 0.1) is 15.2 Å². The van der Waals surface area contributed by atoms with Gasteiger partial charge in [-0.1, -0.05) is 29.5 Å². The number of aromatic nitrogens is 2. The Balaban J connectivity index is 1.63. The topological polar surface area (TPSA) is 75.4 Å². The van der Waals surface area contributed by atoms with Gasteiger partial charge in [0.15, 0.2) is 22.6 Å². The van der Waals surface area contributed by atoms with Crippen LogP contribution in [0.15, 0.2) is 37.1 Å². The van der Waals surface area contributed by atoms with Gasteiger partial charge < -0.3 is 15.5 Å². The number of hydrogen-bond acceptors (Lipinski definition) is 6. The van der Waals surface area contributed by atoms with E-state index in [2.05, 4.69) is 16.5 Å². The summed E-state index contributed by atoms with van der Waals surface area (Å²) >= 11 is 7.29. The highest BCUT2D eigenvalue weighted by atomic mass is 35.5. The second-order valence-corrected chi connectivity index (χ2v) is 9.18. The number of carbonyl (C=O) groups is 1. The molecule has 1 aliphatic rings. The average molecular weight is 504 g/mol. The molecule has 0 saturated carbocycles. The summed E-state index contributed by atoms with van der Waals surface area (Å²) in [6.07, 6.45) is 2.75. The number of thiazole rings is 1. The van der Waals surface area contributed by atoms with Gasteiger partial charge in [-0.15, -0.1) is 0 Å². The molecule has 34 heavy (non-hydrogen) atoms. The smallest absolute Gasteiger partial charge is 0.246 e. The lowest BCUT2D eigenvalue weighted by molar-refractivity contribution is -0.126. The molecule has 1 aliphatic heterocycles. The number of halogens is 4. The van der Waals surface area contributed by atoms with Gasteiger partial charge in [0.25, 0.3) is 0 Å². The molecule has 6 nitrogen and oxygen atoms in total. The van der Waals surface area contributed by atoms with Crippen LogP contribution in [0.4, 0.5) is 24.0 Å². The van der Waals surface area contributed by atoms with E-state index >= 15 is 4.39 Å². The minimum Gasteiger partial charge on any atom is -0.375 e. The van der Waals surface area contributed by atoms with Crippen molar-refractivity contribution in [3.8, 4) is 11.1 Å². The van der Waals surface area contributed by atoms with Crippen molar-refractivity contribution in [2.24, 2.45) is 0 Å². The number of pyridine rings is 1. The highest BCUT2D eigenvalue weighted by Gasteiger charge is 2.26. The van der Waals surface area contributed by atoms with E-state index in [-0.39, 0.29) is 42.9 Å². The van der Waals surface area contributed by atoms with Crippen molar-refractivity contribution in [2.75, 3.05) is 36.8 Å². The fraction of sp³-hybridized carbons (Fsp3) is 0.174. The predicted molar refractivity (Wildman–Crippen MR) is 129 cm³/mol. The van der Waals surface area contributed by atoms with E-state index in [1.807, 2.05) is 4.90 Å². The van der Waals surface area contributed by atoms with Gasteiger partial charge in [-0.2, -0.15) is 0 Å². The van der Waals surface area contributed by atoms with Gasteiger partial charge in [0, 0.05) is 54.6 Å². The quantitative estimate of drug-likeness (QED) is 0.398. The van der Waals surface area contributed by atoms with Crippen LogP contribution in [0.1, 0.15) is 0 Å². The standard InChI is InChI=1S/C23H17ClF3N5OS/c1-2-16(33)32-7-5-31(6-8-32)15-3-4-29-20-11(15)9-13(24)17(19(20)27)12-10-14(25)18(26)22-21(12)30-23(28)34-22/h2-4,9-10H,1,5-8H2,(H2,28,30). The molecular weight excluding hydrogens is 487 g/mol. The molecule has 1 amide bonds.